The number of rotatable bonds is 2. The molecule has 0 saturated heterocycles. The van der Waals surface area contributed by atoms with Crippen LogP contribution in [0.3, 0.4) is 0 Å². The van der Waals surface area contributed by atoms with E-state index in [9.17, 15) is 4.79 Å². The lowest BCUT2D eigenvalue weighted by Crippen LogP contribution is -2.56. The zero-order valence-corrected chi connectivity index (χ0v) is 12.9. The zero-order valence-electron chi connectivity index (χ0n) is 12.1. The van der Waals surface area contributed by atoms with Gasteiger partial charge in [-0.05, 0) is 75.0 Å². The van der Waals surface area contributed by atoms with Gasteiger partial charge in [-0.25, -0.2) is 0 Å². The molecule has 5 aliphatic rings. The van der Waals surface area contributed by atoms with Gasteiger partial charge in [-0.1, -0.05) is 0 Å². The Morgan fingerprint density at radius 2 is 1.50 bits per heavy atom. The van der Waals surface area contributed by atoms with E-state index in [1.165, 1.54) is 32.1 Å². The van der Waals surface area contributed by atoms with Gasteiger partial charge >= 0.3 is 0 Å². The molecule has 0 aromatic heterocycles. The average Bonchev–Trinajstić information content (AvgIpc) is 2.79. The fraction of sp³-hybridized carbons (Fsp3) is 0.938. The molecule has 3 N–H and O–H groups in total. The van der Waals surface area contributed by atoms with E-state index < -0.39 is 0 Å². The predicted molar refractivity (Wildman–Crippen MR) is 81.5 cm³/mol. The first-order valence-corrected chi connectivity index (χ1v) is 8.25. The molecule has 0 aliphatic heterocycles. The van der Waals surface area contributed by atoms with E-state index >= 15 is 0 Å². The molecule has 20 heavy (non-hydrogen) atoms. The summed E-state index contributed by atoms with van der Waals surface area (Å²) < 4.78 is 0. The Labute approximate surface area is 127 Å². The van der Waals surface area contributed by atoms with Gasteiger partial charge < -0.3 is 11.1 Å². The largest absolute Gasteiger partial charge is 0.353 e. The highest BCUT2D eigenvalue weighted by Gasteiger charge is 2.49. The summed E-state index contributed by atoms with van der Waals surface area (Å²) in [4.78, 5) is 12.4. The lowest BCUT2D eigenvalue weighted by Gasteiger charge is -2.54. The van der Waals surface area contributed by atoms with Crippen LogP contribution in [0.2, 0.25) is 0 Å². The normalized spacial score (nSPS) is 49.0. The first-order chi connectivity index (χ1) is 9.19. The zero-order chi connectivity index (χ0) is 13.0. The Kier molecular flexibility index (Phi) is 4.02. The van der Waals surface area contributed by atoms with Crippen LogP contribution in [-0.4, -0.2) is 18.0 Å². The van der Waals surface area contributed by atoms with Crippen molar-refractivity contribution in [1.82, 2.24) is 5.32 Å². The minimum atomic E-state index is 0. The number of hydrogen-bond donors (Lipinski definition) is 2. The Bertz CT molecular complexity index is 359. The second-order valence-electron chi connectivity index (χ2n) is 7.74. The second-order valence-corrected chi connectivity index (χ2v) is 7.74. The van der Waals surface area contributed by atoms with Crippen molar-refractivity contribution < 1.29 is 4.79 Å². The molecule has 5 rings (SSSR count). The molecular weight excluding hydrogens is 272 g/mol. The molecule has 4 bridgehead atoms. The van der Waals surface area contributed by atoms with Crippen LogP contribution in [0, 0.1) is 29.6 Å². The molecule has 0 spiro atoms. The van der Waals surface area contributed by atoms with E-state index in [0.29, 0.717) is 11.9 Å². The summed E-state index contributed by atoms with van der Waals surface area (Å²) in [6.07, 6.45) is 9.92. The third kappa shape index (κ3) is 2.48. The molecule has 2 atom stereocenters. The van der Waals surface area contributed by atoms with Crippen molar-refractivity contribution >= 4 is 18.3 Å². The van der Waals surface area contributed by atoms with Crippen LogP contribution >= 0.6 is 12.4 Å². The Morgan fingerprint density at radius 3 is 2.00 bits per heavy atom. The Morgan fingerprint density at radius 1 is 0.900 bits per heavy atom. The van der Waals surface area contributed by atoms with E-state index in [2.05, 4.69) is 5.32 Å². The van der Waals surface area contributed by atoms with Crippen LogP contribution in [-0.2, 0) is 4.79 Å². The molecule has 0 heterocycles. The minimum Gasteiger partial charge on any atom is -0.353 e. The van der Waals surface area contributed by atoms with Crippen molar-refractivity contribution in [2.75, 3.05) is 0 Å². The minimum absolute atomic E-state index is 0. The Hall–Kier alpha value is -0.280. The van der Waals surface area contributed by atoms with E-state index in [1.807, 2.05) is 0 Å². The van der Waals surface area contributed by atoms with Crippen molar-refractivity contribution in [3.8, 4) is 0 Å². The van der Waals surface area contributed by atoms with Gasteiger partial charge in [-0.3, -0.25) is 4.79 Å². The van der Waals surface area contributed by atoms with Gasteiger partial charge in [-0.2, -0.15) is 0 Å². The molecule has 0 radical (unpaired) electrons. The summed E-state index contributed by atoms with van der Waals surface area (Å²) in [6.45, 7) is 0. The van der Waals surface area contributed by atoms with Gasteiger partial charge in [0.2, 0.25) is 5.91 Å². The van der Waals surface area contributed by atoms with Crippen LogP contribution in [0.15, 0.2) is 0 Å². The first-order valence-electron chi connectivity index (χ1n) is 8.25. The highest BCUT2D eigenvalue weighted by molar-refractivity contribution is 5.85. The molecule has 114 valence electrons. The van der Waals surface area contributed by atoms with Crippen LogP contribution < -0.4 is 11.1 Å². The fourth-order valence-electron chi connectivity index (χ4n) is 5.70. The number of carbonyl (C=O) groups is 1. The molecule has 5 saturated carbocycles. The standard InChI is InChI=1S/C16H26N2O.ClH/c17-14-2-1-11(8-14)16(19)18-15-12-4-9-3-10(6-12)7-13(15)5-9;/h9-15H,1-8,17H2,(H,18,19);1H. The molecule has 5 fully saturated rings. The number of nitrogens with one attached hydrogen (secondary N) is 1. The van der Waals surface area contributed by atoms with Gasteiger partial charge in [0.15, 0.2) is 0 Å². The van der Waals surface area contributed by atoms with E-state index in [1.54, 1.807) is 0 Å². The van der Waals surface area contributed by atoms with Gasteiger partial charge in [-0.15, -0.1) is 12.4 Å². The van der Waals surface area contributed by atoms with Crippen molar-refractivity contribution in [3.63, 3.8) is 0 Å². The van der Waals surface area contributed by atoms with Gasteiger partial charge in [0.05, 0.1) is 0 Å². The van der Waals surface area contributed by atoms with E-state index in [-0.39, 0.29) is 24.4 Å². The molecule has 5 aliphatic carbocycles. The van der Waals surface area contributed by atoms with Crippen molar-refractivity contribution in [2.45, 2.75) is 63.5 Å². The van der Waals surface area contributed by atoms with Gasteiger partial charge in [0.1, 0.15) is 0 Å². The van der Waals surface area contributed by atoms with E-state index in [4.69, 9.17) is 5.73 Å². The van der Waals surface area contributed by atoms with Crippen molar-refractivity contribution in [1.29, 1.82) is 0 Å². The maximum atomic E-state index is 12.4. The van der Waals surface area contributed by atoms with Crippen LogP contribution in [0.1, 0.15) is 51.4 Å². The third-order valence-corrected chi connectivity index (χ3v) is 6.38. The number of carbonyl (C=O) groups excluding carboxylic acids is 1. The average molecular weight is 299 g/mol. The summed E-state index contributed by atoms with van der Waals surface area (Å²) >= 11 is 0. The lowest BCUT2D eigenvalue weighted by atomic mass is 9.54. The first kappa shape index (κ1) is 14.6. The Balaban J connectivity index is 0.00000121. The number of halogens is 1. The summed E-state index contributed by atoms with van der Waals surface area (Å²) in [5.41, 5.74) is 5.93. The SMILES string of the molecule is Cl.NC1CCC(C(=O)NC2C3CC4CC(C3)CC2C4)C1. The number of amides is 1. The second kappa shape index (κ2) is 5.49. The van der Waals surface area contributed by atoms with Gasteiger partial charge in [0, 0.05) is 18.0 Å². The molecule has 4 heteroatoms. The summed E-state index contributed by atoms with van der Waals surface area (Å²) in [5, 5.41) is 3.43. The monoisotopic (exact) mass is 298 g/mol. The lowest BCUT2D eigenvalue weighted by molar-refractivity contribution is -0.128. The topological polar surface area (TPSA) is 55.1 Å². The molecule has 2 unspecified atom stereocenters. The molecule has 1 amide bonds. The summed E-state index contributed by atoms with van der Waals surface area (Å²) in [6, 6.07) is 0.756. The summed E-state index contributed by atoms with van der Waals surface area (Å²) in [5.74, 6) is 4.05. The molecule has 0 aromatic rings. The molecule has 0 aromatic carbocycles. The maximum Gasteiger partial charge on any atom is 0.223 e. The quantitative estimate of drug-likeness (QED) is 0.823. The third-order valence-electron chi connectivity index (χ3n) is 6.38. The predicted octanol–water partition coefficient (Wildman–Crippen LogP) is 2.48. The highest BCUT2D eigenvalue weighted by atomic mass is 35.5. The fourth-order valence-corrected chi connectivity index (χ4v) is 5.70. The van der Waals surface area contributed by atoms with Crippen LogP contribution in [0.25, 0.3) is 0 Å². The maximum absolute atomic E-state index is 12.4. The van der Waals surface area contributed by atoms with Crippen molar-refractivity contribution in [2.24, 2.45) is 35.3 Å². The summed E-state index contributed by atoms with van der Waals surface area (Å²) in [7, 11) is 0. The van der Waals surface area contributed by atoms with Crippen LogP contribution in [0.5, 0.6) is 0 Å². The van der Waals surface area contributed by atoms with Gasteiger partial charge in [0.25, 0.3) is 0 Å². The smallest absolute Gasteiger partial charge is 0.223 e. The molecular formula is C16H27ClN2O. The number of nitrogens with two attached hydrogens (primary N) is 1. The number of hydrogen-bond acceptors (Lipinski definition) is 2. The highest BCUT2D eigenvalue weighted by Crippen LogP contribution is 2.53. The van der Waals surface area contributed by atoms with E-state index in [0.717, 1.165) is 42.9 Å². The molecule has 3 nitrogen and oxygen atoms in total. The van der Waals surface area contributed by atoms with Crippen LogP contribution in [0.4, 0.5) is 0 Å². The van der Waals surface area contributed by atoms with Crippen molar-refractivity contribution in [3.05, 3.63) is 0 Å².